The van der Waals surface area contributed by atoms with E-state index in [0.717, 1.165) is 0 Å². The van der Waals surface area contributed by atoms with Crippen molar-refractivity contribution in [3.05, 3.63) is 11.8 Å². The Hall–Kier alpha value is -1.72. The van der Waals surface area contributed by atoms with E-state index in [1.807, 2.05) is 0 Å². The van der Waals surface area contributed by atoms with Gasteiger partial charge < -0.3 is 20.3 Å². The summed E-state index contributed by atoms with van der Waals surface area (Å²) in [6.45, 7) is 6.54. The van der Waals surface area contributed by atoms with Crippen molar-refractivity contribution < 1.29 is 24.5 Å². The van der Waals surface area contributed by atoms with Crippen LogP contribution in [-0.4, -0.2) is 33.9 Å². The van der Waals surface area contributed by atoms with Gasteiger partial charge in [-0.05, 0) is 27.7 Å². The number of carbonyl (C=O) groups is 2. The van der Waals surface area contributed by atoms with Crippen LogP contribution in [0.4, 0.5) is 4.79 Å². The molecular weight excluding hydrogens is 214 g/mol. The number of carboxylic acid groups (broad SMARTS) is 1. The molecule has 3 N–H and O–H groups in total. The first-order valence-electron chi connectivity index (χ1n) is 4.75. The fourth-order valence-electron chi connectivity index (χ4n) is 0.810. The molecule has 0 aromatic heterocycles. The second-order valence-electron chi connectivity index (χ2n) is 4.28. The summed E-state index contributed by atoms with van der Waals surface area (Å²) in [5.74, 6) is -1.73. The molecule has 6 heteroatoms. The topological polar surface area (TPSA) is 95.9 Å². The molecule has 0 aliphatic rings. The molecule has 0 rings (SSSR count). The standard InChI is InChI=1S/C10H17NO5/c1-6(7(12)5-8(13)14)11-9(15)16-10(2,3)4/h5-6,12H,1-4H3,(H,11,15)(H,13,14). The molecule has 0 saturated heterocycles. The highest BCUT2D eigenvalue weighted by atomic mass is 16.6. The van der Waals surface area contributed by atoms with Crippen LogP contribution >= 0.6 is 0 Å². The summed E-state index contributed by atoms with van der Waals surface area (Å²) in [5, 5.41) is 19.9. The zero-order valence-electron chi connectivity index (χ0n) is 9.77. The van der Waals surface area contributed by atoms with Gasteiger partial charge in [0, 0.05) is 0 Å². The minimum atomic E-state index is -1.28. The zero-order valence-corrected chi connectivity index (χ0v) is 9.77. The van der Waals surface area contributed by atoms with Gasteiger partial charge >= 0.3 is 12.1 Å². The average Bonchev–Trinajstić information content (AvgIpc) is 1.98. The van der Waals surface area contributed by atoms with Gasteiger partial charge in [-0.2, -0.15) is 0 Å². The van der Waals surface area contributed by atoms with E-state index < -0.39 is 29.5 Å². The lowest BCUT2D eigenvalue weighted by Gasteiger charge is -2.21. The van der Waals surface area contributed by atoms with Gasteiger partial charge in [0.05, 0.1) is 12.1 Å². The fraction of sp³-hybridized carbons (Fsp3) is 0.600. The van der Waals surface area contributed by atoms with Crippen LogP contribution in [0, 0.1) is 0 Å². The monoisotopic (exact) mass is 231 g/mol. The smallest absolute Gasteiger partial charge is 0.408 e. The summed E-state index contributed by atoms with van der Waals surface area (Å²) in [6, 6.07) is -0.814. The van der Waals surface area contributed by atoms with Crippen molar-refractivity contribution in [3.63, 3.8) is 0 Å². The molecule has 92 valence electrons. The van der Waals surface area contributed by atoms with Gasteiger partial charge in [-0.1, -0.05) is 0 Å². The lowest BCUT2D eigenvalue weighted by atomic mass is 10.2. The van der Waals surface area contributed by atoms with Gasteiger partial charge in [0.25, 0.3) is 0 Å². The van der Waals surface area contributed by atoms with Gasteiger partial charge in [-0.3, -0.25) is 0 Å². The van der Waals surface area contributed by atoms with Crippen LogP contribution in [0.15, 0.2) is 11.8 Å². The van der Waals surface area contributed by atoms with Crippen molar-refractivity contribution in [1.29, 1.82) is 0 Å². The van der Waals surface area contributed by atoms with E-state index in [1.54, 1.807) is 20.8 Å². The number of carboxylic acids is 1. The van der Waals surface area contributed by atoms with E-state index in [9.17, 15) is 14.7 Å². The second-order valence-corrected chi connectivity index (χ2v) is 4.28. The molecule has 6 nitrogen and oxygen atoms in total. The minimum Gasteiger partial charge on any atom is -0.510 e. The Morgan fingerprint density at radius 1 is 1.31 bits per heavy atom. The highest BCUT2D eigenvalue weighted by molar-refractivity contribution is 5.80. The predicted molar refractivity (Wildman–Crippen MR) is 57.2 cm³/mol. The molecule has 0 aromatic rings. The highest BCUT2D eigenvalue weighted by Gasteiger charge is 2.19. The van der Waals surface area contributed by atoms with E-state index >= 15 is 0 Å². The van der Waals surface area contributed by atoms with Gasteiger partial charge in [-0.15, -0.1) is 0 Å². The Labute approximate surface area is 93.9 Å². The summed E-state index contributed by atoms with van der Waals surface area (Å²) >= 11 is 0. The fourth-order valence-corrected chi connectivity index (χ4v) is 0.810. The number of rotatable bonds is 3. The molecule has 0 radical (unpaired) electrons. The Kier molecular flexibility index (Phi) is 4.81. The summed E-state index contributed by atoms with van der Waals surface area (Å²) in [5.41, 5.74) is -0.643. The van der Waals surface area contributed by atoms with Crippen LogP contribution in [0.5, 0.6) is 0 Å². The SMILES string of the molecule is CC(NC(=O)OC(C)(C)C)C(O)=CC(=O)O. The lowest BCUT2D eigenvalue weighted by molar-refractivity contribution is -0.131. The molecule has 0 aromatic carbocycles. The number of carbonyl (C=O) groups excluding carboxylic acids is 1. The number of alkyl carbamates (subject to hydrolysis) is 1. The molecule has 1 amide bonds. The number of hydrogen-bond acceptors (Lipinski definition) is 4. The first-order valence-corrected chi connectivity index (χ1v) is 4.75. The van der Waals surface area contributed by atoms with E-state index in [1.165, 1.54) is 6.92 Å². The molecule has 0 bridgehead atoms. The second kappa shape index (κ2) is 5.39. The van der Waals surface area contributed by atoms with Crippen LogP contribution in [-0.2, 0) is 9.53 Å². The largest absolute Gasteiger partial charge is 0.510 e. The Morgan fingerprint density at radius 2 is 1.81 bits per heavy atom. The van der Waals surface area contributed by atoms with Crippen molar-refractivity contribution in [1.82, 2.24) is 5.32 Å². The predicted octanol–water partition coefficient (Wildman–Crippen LogP) is 1.43. The van der Waals surface area contributed by atoms with Crippen molar-refractivity contribution in [2.24, 2.45) is 0 Å². The Bertz CT molecular complexity index is 303. The van der Waals surface area contributed by atoms with E-state index in [2.05, 4.69) is 5.32 Å². The van der Waals surface area contributed by atoms with Crippen LogP contribution in [0.2, 0.25) is 0 Å². The molecule has 0 fully saturated rings. The van der Waals surface area contributed by atoms with Gasteiger partial charge in [0.1, 0.15) is 11.4 Å². The third-order valence-corrected chi connectivity index (χ3v) is 1.45. The van der Waals surface area contributed by atoms with Crippen molar-refractivity contribution >= 4 is 12.1 Å². The summed E-state index contributed by atoms with van der Waals surface area (Å²) < 4.78 is 4.93. The normalized spacial score (nSPS) is 14.1. The van der Waals surface area contributed by atoms with Gasteiger partial charge in [0.15, 0.2) is 0 Å². The number of ether oxygens (including phenoxy) is 1. The number of amides is 1. The lowest BCUT2D eigenvalue weighted by Crippen LogP contribution is -2.38. The highest BCUT2D eigenvalue weighted by Crippen LogP contribution is 2.07. The molecule has 0 aliphatic heterocycles. The van der Waals surface area contributed by atoms with E-state index in [0.29, 0.717) is 6.08 Å². The average molecular weight is 231 g/mol. The molecule has 0 spiro atoms. The van der Waals surface area contributed by atoms with E-state index in [4.69, 9.17) is 9.84 Å². The first kappa shape index (κ1) is 14.3. The molecule has 0 saturated carbocycles. The maximum absolute atomic E-state index is 11.2. The third kappa shape index (κ3) is 6.69. The molecule has 1 atom stereocenters. The first-order chi connectivity index (χ1) is 7.11. The van der Waals surface area contributed by atoms with Crippen molar-refractivity contribution in [2.75, 3.05) is 0 Å². The zero-order chi connectivity index (χ0) is 12.9. The van der Waals surface area contributed by atoms with Crippen LogP contribution in [0.25, 0.3) is 0 Å². The molecular formula is C10H17NO5. The number of aliphatic carboxylic acids is 1. The Balaban J connectivity index is 4.30. The van der Waals surface area contributed by atoms with Crippen molar-refractivity contribution in [2.45, 2.75) is 39.3 Å². The van der Waals surface area contributed by atoms with Crippen LogP contribution in [0.3, 0.4) is 0 Å². The molecule has 1 unspecified atom stereocenters. The summed E-state index contributed by atoms with van der Waals surface area (Å²) in [4.78, 5) is 21.5. The summed E-state index contributed by atoms with van der Waals surface area (Å²) in [6.07, 6.45) is -0.104. The quantitative estimate of drug-likeness (QED) is 0.504. The number of aliphatic hydroxyl groups excluding tert-OH is 1. The van der Waals surface area contributed by atoms with Crippen LogP contribution in [0.1, 0.15) is 27.7 Å². The maximum atomic E-state index is 11.2. The van der Waals surface area contributed by atoms with E-state index in [-0.39, 0.29) is 0 Å². The molecule has 0 heterocycles. The molecule has 16 heavy (non-hydrogen) atoms. The van der Waals surface area contributed by atoms with Gasteiger partial charge in [0.2, 0.25) is 0 Å². The minimum absolute atomic E-state index is 0.446. The van der Waals surface area contributed by atoms with Gasteiger partial charge in [-0.25, -0.2) is 9.59 Å². The van der Waals surface area contributed by atoms with Crippen LogP contribution < -0.4 is 5.32 Å². The maximum Gasteiger partial charge on any atom is 0.408 e. The number of aliphatic hydroxyl groups is 1. The Morgan fingerprint density at radius 3 is 2.19 bits per heavy atom. The molecule has 0 aliphatic carbocycles. The number of nitrogens with one attached hydrogen (secondary N) is 1. The number of hydrogen-bond donors (Lipinski definition) is 3. The third-order valence-electron chi connectivity index (χ3n) is 1.45. The summed E-state index contributed by atoms with van der Waals surface area (Å²) in [7, 11) is 0. The van der Waals surface area contributed by atoms with Crippen molar-refractivity contribution in [3.8, 4) is 0 Å².